The molecule has 0 aromatic heterocycles. The zero-order valence-corrected chi connectivity index (χ0v) is 12.8. The average Bonchev–Trinajstić information content (AvgIpc) is 2.46. The SMILES string of the molecule is CS(=O)(=O)N1CCN(C(=O)c2cccc(CCl)c2)CC1. The number of hydrogen-bond donors (Lipinski definition) is 0. The van der Waals surface area contributed by atoms with E-state index < -0.39 is 10.0 Å². The lowest BCUT2D eigenvalue weighted by Crippen LogP contribution is -2.50. The molecule has 7 heteroatoms. The van der Waals surface area contributed by atoms with Crippen molar-refractivity contribution in [3.63, 3.8) is 0 Å². The van der Waals surface area contributed by atoms with Gasteiger partial charge in [0.25, 0.3) is 5.91 Å². The van der Waals surface area contributed by atoms with E-state index >= 15 is 0 Å². The highest BCUT2D eigenvalue weighted by Gasteiger charge is 2.26. The van der Waals surface area contributed by atoms with Gasteiger partial charge in [0, 0.05) is 37.6 Å². The van der Waals surface area contributed by atoms with Gasteiger partial charge in [-0.15, -0.1) is 11.6 Å². The zero-order valence-electron chi connectivity index (χ0n) is 11.3. The summed E-state index contributed by atoms with van der Waals surface area (Å²) < 4.78 is 24.2. The van der Waals surface area contributed by atoms with Gasteiger partial charge in [0.1, 0.15) is 0 Å². The van der Waals surface area contributed by atoms with Crippen molar-refractivity contribution in [3.8, 4) is 0 Å². The monoisotopic (exact) mass is 316 g/mol. The largest absolute Gasteiger partial charge is 0.336 e. The van der Waals surface area contributed by atoms with Crippen LogP contribution in [-0.2, 0) is 15.9 Å². The van der Waals surface area contributed by atoms with E-state index in [0.29, 0.717) is 37.6 Å². The minimum atomic E-state index is -3.17. The highest BCUT2D eigenvalue weighted by atomic mass is 35.5. The van der Waals surface area contributed by atoms with E-state index in [9.17, 15) is 13.2 Å². The van der Waals surface area contributed by atoms with Gasteiger partial charge in [0.2, 0.25) is 10.0 Å². The van der Waals surface area contributed by atoms with E-state index in [1.165, 1.54) is 10.6 Å². The van der Waals surface area contributed by atoms with Crippen LogP contribution in [-0.4, -0.2) is 56.0 Å². The van der Waals surface area contributed by atoms with Gasteiger partial charge in [-0.05, 0) is 17.7 Å². The first-order valence-corrected chi connectivity index (χ1v) is 8.69. The number of hydrogen-bond acceptors (Lipinski definition) is 3. The Morgan fingerprint density at radius 1 is 1.25 bits per heavy atom. The topological polar surface area (TPSA) is 57.7 Å². The second kappa shape index (κ2) is 6.11. The molecule has 1 fully saturated rings. The Balaban J connectivity index is 2.05. The van der Waals surface area contributed by atoms with Gasteiger partial charge in [-0.25, -0.2) is 8.42 Å². The van der Waals surface area contributed by atoms with Gasteiger partial charge in [-0.3, -0.25) is 4.79 Å². The lowest BCUT2D eigenvalue weighted by atomic mass is 10.1. The van der Waals surface area contributed by atoms with E-state index in [2.05, 4.69) is 0 Å². The van der Waals surface area contributed by atoms with Gasteiger partial charge in [0.05, 0.1) is 6.26 Å². The van der Waals surface area contributed by atoms with Crippen molar-refractivity contribution in [1.29, 1.82) is 0 Å². The second-order valence-electron chi connectivity index (χ2n) is 4.79. The van der Waals surface area contributed by atoms with Crippen molar-refractivity contribution in [3.05, 3.63) is 35.4 Å². The summed E-state index contributed by atoms with van der Waals surface area (Å²) in [6.07, 6.45) is 1.19. The molecular weight excluding hydrogens is 300 g/mol. The molecule has 1 aliphatic rings. The Kier molecular flexibility index (Phi) is 4.67. The van der Waals surface area contributed by atoms with Crippen LogP contribution >= 0.6 is 11.6 Å². The first-order chi connectivity index (χ1) is 9.41. The van der Waals surface area contributed by atoms with Crippen molar-refractivity contribution in [2.75, 3.05) is 32.4 Å². The molecule has 1 aromatic carbocycles. The number of rotatable bonds is 3. The van der Waals surface area contributed by atoms with E-state index in [1.54, 1.807) is 23.1 Å². The predicted octanol–water partition coefficient (Wildman–Crippen LogP) is 1.14. The highest BCUT2D eigenvalue weighted by Crippen LogP contribution is 2.13. The molecule has 110 valence electrons. The summed E-state index contributed by atoms with van der Waals surface area (Å²) in [6.45, 7) is 1.52. The van der Waals surface area contributed by atoms with Gasteiger partial charge >= 0.3 is 0 Å². The van der Waals surface area contributed by atoms with Gasteiger partial charge in [0.15, 0.2) is 0 Å². The first-order valence-electron chi connectivity index (χ1n) is 6.31. The molecule has 0 N–H and O–H groups in total. The summed E-state index contributed by atoms with van der Waals surface area (Å²) in [5, 5.41) is 0. The highest BCUT2D eigenvalue weighted by molar-refractivity contribution is 7.88. The lowest BCUT2D eigenvalue weighted by molar-refractivity contribution is 0.0698. The molecule has 20 heavy (non-hydrogen) atoms. The zero-order chi connectivity index (χ0) is 14.8. The Hall–Kier alpha value is -1.11. The Labute approximate surface area is 124 Å². The maximum atomic E-state index is 12.3. The molecule has 2 rings (SSSR count). The van der Waals surface area contributed by atoms with Crippen LogP contribution in [0, 0.1) is 0 Å². The molecule has 5 nitrogen and oxygen atoms in total. The number of alkyl halides is 1. The third-order valence-corrected chi connectivity index (χ3v) is 4.93. The number of sulfonamides is 1. The van der Waals surface area contributed by atoms with Crippen LogP contribution in [0.15, 0.2) is 24.3 Å². The molecule has 0 atom stereocenters. The molecule has 1 aromatic rings. The van der Waals surface area contributed by atoms with Crippen molar-refractivity contribution >= 4 is 27.5 Å². The summed E-state index contributed by atoms with van der Waals surface area (Å²) >= 11 is 5.76. The van der Waals surface area contributed by atoms with Crippen LogP contribution in [0.3, 0.4) is 0 Å². The van der Waals surface area contributed by atoms with E-state index in [0.717, 1.165) is 5.56 Å². The summed E-state index contributed by atoms with van der Waals surface area (Å²) in [4.78, 5) is 14.0. The number of carbonyl (C=O) groups excluding carboxylic acids is 1. The molecule has 0 radical (unpaired) electrons. The van der Waals surface area contributed by atoms with Gasteiger partial charge < -0.3 is 4.90 Å². The number of nitrogens with zero attached hydrogens (tertiary/aromatic N) is 2. The minimum Gasteiger partial charge on any atom is -0.336 e. The molecule has 1 saturated heterocycles. The summed E-state index contributed by atoms with van der Waals surface area (Å²) in [6, 6.07) is 7.20. The molecule has 0 unspecified atom stereocenters. The number of piperazine rings is 1. The second-order valence-corrected chi connectivity index (χ2v) is 7.04. The van der Waals surface area contributed by atoms with Gasteiger partial charge in [-0.1, -0.05) is 12.1 Å². The molecule has 0 saturated carbocycles. The van der Waals surface area contributed by atoms with Crippen LogP contribution in [0.4, 0.5) is 0 Å². The van der Waals surface area contributed by atoms with Crippen molar-refractivity contribution < 1.29 is 13.2 Å². The average molecular weight is 317 g/mol. The van der Waals surface area contributed by atoms with Crippen LogP contribution in [0.2, 0.25) is 0 Å². The number of halogens is 1. The summed E-state index contributed by atoms with van der Waals surface area (Å²) in [5.41, 5.74) is 1.49. The predicted molar refractivity (Wildman–Crippen MR) is 78.3 cm³/mol. The molecular formula is C13H17ClN2O3S. The van der Waals surface area contributed by atoms with Crippen molar-refractivity contribution in [1.82, 2.24) is 9.21 Å². The fraction of sp³-hybridized carbons (Fsp3) is 0.462. The minimum absolute atomic E-state index is 0.0786. The molecule has 1 amide bonds. The standard InChI is InChI=1S/C13H17ClN2O3S/c1-20(18,19)16-7-5-15(6-8-16)13(17)12-4-2-3-11(9-12)10-14/h2-4,9H,5-8,10H2,1H3. The molecule has 1 heterocycles. The smallest absolute Gasteiger partial charge is 0.253 e. The normalized spacial score (nSPS) is 17.2. The van der Waals surface area contributed by atoms with Crippen molar-refractivity contribution in [2.24, 2.45) is 0 Å². The quantitative estimate of drug-likeness (QED) is 0.786. The van der Waals surface area contributed by atoms with E-state index in [4.69, 9.17) is 11.6 Å². The third kappa shape index (κ3) is 3.50. The Morgan fingerprint density at radius 3 is 2.45 bits per heavy atom. The maximum absolute atomic E-state index is 12.3. The van der Waals surface area contributed by atoms with Crippen LogP contribution in [0.5, 0.6) is 0 Å². The number of carbonyl (C=O) groups is 1. The Bertz CT molecular complexity index is 595. The first kappa shape index (κ1) is 15.3. The molecule has 0 aliphatic carbocycles. The fourth-order valence-electron chi connectivity index (χ4n) is 2.19. The lowest BCUT2D eigenvalue weighted by Gasteiger charge is -2.33. The van der Waals surface area contributed by atoms with Gasteiger partial charge in [-0.2, -0.15) is 4.31 Å². The third-order valence-electron chi connectivity index (χ3n) is 3.32. The Morgan fingerprint density at radius 2 is 1.90 bits per heavy atom. The van der Waals surface area contributed by atoms with Crippen LogP contribution in [0.25, 0.3) is 0 Å². The fourth-order valence-corrected chi connectivity index (χ4v) is 3.19. The number of benzene rings is 1. The van der Waals surface area contributed by atoms with Crippen LogP contribution in [0.1, 0.15) is 15.9 Å². The summed E-state index contributed by atoms with van der Waals surface area (Å²) in [5.74, 6) is 0.285. The van der Waals surface area contributed by atoms with E-state index in [-0.39, 0.29) is 5.91 Å². The summed E-state index contributed by atoms with van der Waals surface area (Å²) in [7, 11) is -3.17. The molecule has 0 bridgehead atoms. The molecule has 1 aliphatic heterocycles. The van der Waals surface area contributed by atoms with Crippen molar-refractivity contribution in [2.45, 2.75) is 5.88 Å². The maximum Gasteiger partial charge on any atom is 0.253 e. The van der Waals surface area contributed by atoms with Crippen LogP contribution < -0.4 is 0 Å². The van der Waals surface area contributed by atoms with E-state index in [1.807, 2.05) is 6.07 Å². The number of amides is 1. The molecule has 0 spiro atoms.